The van der Waals surface area contributed by atoms with Gasteiger partial charge in [0, 0.05) is 22.4 Å². The molecule has 214 valence electrons. The van der Waals surface area contributed by atoms with E-state index in [0.29, 0.717) is 10.6 Å². The average molecular weight is 610 g/mol. The lowest BCUT2D eigenvalue weighted by molar-refractivity contribution is -0.156. The van der Waals surface area contributed by atoms with Crippen molar-refractivity contribution in [3.63, 3.8) is 0 Å². The van der Waals surface area contributed by atoms with Crippen molar-refractivity contribution in [2.75, 3.05) is 0 Å². The van der Waals surface area contributed by atoms with Gasteiger partial charge in [-0.05, 0) is 46.9 Å². The SMILES string of the molecule is CC[C@H](C(=O)c1ccccc1)N(C(=O)c1ccc(Cl)cc1Cl)N1C(=O)[C@H]2C3c4ccccc4C(c4ccccc43)[C@@H]2C1=O. The number of carbonyl (C=O) groups is 4. The second-order valence-electron chi connectivity index (χ2n) is 11.2. The lowest BCUT2D eigenvalue weighted by Crippen LogP contribution is -2.57. The van der Waals surface area contributed by atoms with Gasteiger partial charge in [-0.15, -0.1) is 0 Å². The lowest BCUT2D eigenvalue weighted by Gasteiger charge is -2.45. The Labute approximate surface area is 258 Å². The molecule has 8 heteroatoms. The Balaban J connectivity index is 1.39. The summed E-state index contributed by atoms with van der Waals surface area (Å²) in [5.41, 5.74) is 4.46. The van der Waals surface area contributed by atoms with E-state index in [1.807, 2.05) is 48.5 Å². The van der Waals surface area contributed by atoms with Gasteiger partial charge in [0.05, 0.1) is 22.4 Å². The van der Waals surface area contributed by atoms with Crippen LogP contribution in [0.15, 0.2) is 97.1 Å². The molecule has 0 aromatic heterocycles. The topological polar surface area (TPSA) is 74.8 Å². The number of rotatable bonds is 6. The molecule has 3 atom stereocenters. The summed E-state index contributed by atoms with van der Waals surface area (Å²) in [5, 5.41) is 2.39. The number of ketones is 1. The van der Waals surface area contributed by atoms with Crippen molar-refractivity contribution in [1.29, 1.82) is 0 Å². The van der Waals surface area contributed by atoms with Gasteiger partial charge in [-0.25, -0.2) is 5.01 Å². The summed E-state index contributed by atoms with van der Waals surface area (Å²) >= 11 is 12.6. The van der Waals surface area contributed by atoms with E-state index >= 15 is 0 Å². The normalized spacial score (nSPS) is 22.1. The minimum absolute atomic E-state index is 0.0374. The molecule has 1 heterocycles. The van der Waals surface area contributed by atoms with Crippen LogP contribution >= 0.6 is 23.2 Å². The van der Waals surface area contributed by atoms with Crippen molar-refractivity contribution in [2.24, 2.45) is 11.8 Å². The minimum atomic E-state index is -1.14. The van der Waals surface area contributed by atoms with Gasteiger partial charge in [0.2, 0.25) is 0 Å². The molecule has 3 aliphatic carbocycles. The average Bonchev–Trinajstić information content (AvgIpc) is 3.29. The van der Waals surface area contributed by atoms with E-state index in [1.165, 1.54) is 18.2 Å². The number of hydrogen-bond donors (Lipinski definition) is 0. The highest BCUT2D eigenvalue weighted by Crippen LogP contribution is 2.61. The molecule has 4 aromatic rings. The number of nitrogens with zero attached hydrogens (tertiary/aromatic N) is 2. The van der Waals surface area contributed by atoms with E-state index < -0.39 is 35.6 Å². The van der Waals surface area contributed by atoms with Crippen LogP contribution in [-0.2, 0) is 9.59 Å². The summed E-state index contributed by atoms with van der Waals surface area (Å²) in [6.07, 6.45) is 0.157. The fourth-order valence-corrected chi connectivity index (χ4v) is 7.79. The van der Waals surface area contributed by atoms with Crippen LogP contribution in [0.3, 0.4) is 0 Å². The number of hydrogen-bond acceptors (Lipinski definition) is 4. The van der Waals surface area contributed by atoms with Gasteiger partial charge in [0.25, 0.3) is 17.7 Å². The zero-order valence-electron chi connectivity index (χ0n) is 23.1. The highest BCUT2D eigenvalue weighted by Gasteiger charge is 2.63. The van der Waals surface area contributed by atoms with Crippen molar-refractivity contribution >= 4 is 46.7 Å². The Morgan fingerprint density at radius 2 is 1.23 bits per heavy atom. The maximum Gasteiger partial charge on any atom is 0.275 e. The fraction of sp³-hybridized carbons (Fsp3) is 0.200. The van der Waals surface area contributed by atoms with Crippen molar-refractivity contribution < 1.29 is 19.2 Å². The molecule has 2 bridgehead atoms. The first-order valence-electron chi connectivity index (χ1n) is 14.3. The summed E-state index contributed by atoms with van der Waals surface area (Å²) < 4.78 is 0. The Kier molecular flexibility index (Phi) is 6.71. The molecule has 6 nitrogen and oxygen atoms in total. The molecular weight excluding hydrogens is 583 g/mol. The Morgan fingerprint density at radius 1 is 0.744 bits per heavy atom. The summed E-state index contributed by atoms with van der Waals surface area (Å²) in [6.45, 7) is 1.75. The third-order valence-electron chi connectivity index (χ3n) is 9.05. The van der Waals surface area contributed by atoms with Gasteiger partial charge >= 0.3 is 0 Å². The van der Waals surface area contributed by atoms with Crippen LogP contribution in [0.25, 0.3) is 0 Å². The Hall–Kier alpha value is -4.26. The fourth-order valence-electron chi connectivity index (χ4n) is 7.30. The number of Topliss-reactive ketones (excluding diaryl/α,β-unsaturated/α-hetero) is 1. The molecule has 1 fully saturated rings. The zero-order valence-corrected chi connectivity index (χ0v) is 24.6. The molecule has 1 saturated heterocycles. The maximum absolute atomic E-state index is 14.6. The summed E-state index contributed by atoms with van der Waals surface area (Å²) in [6, 6.07) is 27.7. The minimum Gasteiger partial charge on any atom is -0.292 e. The molecule has 4 aliphatic rings. The standard InChI is InChI=1S/C35H26Cl2N2O4/c1-2-27(32(40)19-10-4-3-5-11-19)38(33(41)25-17-16-20(36)18-26(25)37)39-34(42)30-28-21-12-6-7-13-22(21)29(31(30)35(39)43)24-15-9-8-14-23(24)28/h3-18,27-31H,2H2,1H3/t27-,28?,29?,30+,31+/m1/s1. The predicted octanol–water partition coefficient (Wildman–Crippen LogP) is 6.90. The maximum atomic E-state index is 14.6. The summed E-state index contributed by atoms with van der Waals surface area (Å²) in [4.78, 5) is 57.6. The van der Waals surface area contributed by atoms with Crippen molar-refractivity contribution in [2.45, 2.75) is 31.2 Å². The second kappa shape index (κ2) is 10.5. The van der Waals surface area contributed by atoms with Crippen molar-refractivity contribution in [3.05, 3.63) is 140 Å². The van der Waals surface area contributed by atoms with Crippen LogP contribution in [0.1, 0.15) is 68.2 Å². The van der Waals surface area contributed by atoms with E-state index in [1.54, 1.807) is 37.3 Å². The predicted molar refractivity (Wildman–Crippen MR) is 163 cm³/mol. The highest BCUT2D eigenvalue weighted by molar-refractivity contribution is 6.36. The molecule has 0 saturated carbocycles. The second-order valence-corrected chi connectivity index (χ2v) is 12.0. The van der Waals surface area contributed by atoms with Crippen LogP contribution in [-0.4, -0.2) is 39.6 Å². The Morgan fingerprint density at radius 3 is 1.70 bits per heavy atom. The number of imide groups is 1. The molecule has 0 unspecified atom stereocenters. The molecular formula is C35H26Cl2N2O4. The van der Waals surface area contributed by atoms with Crippen LogP contribution in [0.4, 0.5) is 0 Å². The molecule has 0 spiro atoms. The third-order valence-corrected chi connectivity index (χ3v) is 9.60. The van der Waals surface area contributed by atoms with Gasteiger partial charge in [0.1, 0.15) is 6.04 Å². The first kappa shape index (κ1) is 27.6. The number of carbonyl (C=O) groups excluding carboxylic acids is 4. The number of halogens is 2. The van der Waals surface area contributed by atoms with E-state index in [9.17, 15) is 19.2 Å². The van der Waals surface area contributed by atoms with Gasteiger partial charge in [-0.3, -0.25) is 19.2 Å². The van der Waals surface area contributed by atoms with Crippen LogP contribution in [0, 0.1) is 11.8 Å². The van der Waals surface area contributed by atoms with E-state index in [-0.39, 0.29) is 34.6 Å². The summed E-state index contributed by atoms with van der Waals surface area (Å²) in [5.74, 6) is -4.24. The summed E-state index contributed by atoms with van der Waals surface area (Å²) in [7, 11) is 0. The Bertz CT molecular complexity index is 1710. The first-order chi connectivity index (χ1) is 20.8. The molecule has 43 heavy (non-hydrogen) atoms. The zero-order chi connectivity index (χ0) is 30.0. The van der Waals surface area contributed by atoms with E-state index in [2.05, 4.69) is 0 Å². The third kappa shape index (κ3) is 4.08. The molecule has 0 radical (unpaired) electrons. The smallest absolute Gasteiger partial charge is 0.275 e. The highest BCUT2D eigenvalue weighted by atomic mass is 35.5. The van der Waals surface area contributed by atoms with E-state index in [0.717, 1.165) is 32.3 Å². The largest absolute Gasteiger partial charge is 0.292 e. The molecule has 1 aliphatic heterocycles. The lowest BCUT2D eigenvalue weighted by atomic mass is 9.55. The van der Waals surface area contributed by atoms with E-state index in [4.69, 9.17) is 23.2 Å². The van der Waals surface area contributed by atoms with Crippen molar-refractivity contribution in [1.82, 2.24) is 10.0 Å². The van der Waals surface area contributed by atoms with Gasteiger partial charge < -0.3 is 0 Å². The number of benzene rings is 4. The molecule has 4 aromatic carbocycles. The monoisotopic (exact) mass is 608 g/mol. The van der Waals surface area contributed by atoms with Crippen LogP contribution in [0.2, 0.25) is 10.0 Å². The quantitative estimate of drug-likeness (QED) is 0.176. The molecule has 8 rings (SSSR count). The van der Waals surface area contributed by atoms with Gasteiger partial charge in [0.15, 0.2) is 5.78 Å². The number of amides is 3. The van der Waals surface area contributed by atoms with Crippen LogP contribution in [0.5, 0.6) is 0 Å². The first-order valence-corrected chi connectivity index (χ1v) is 15.0. The molecule has 0 N–H and O–H groups in total. The van der Waals surface area contributed by atoms with Crippen LogP contribution < -0.4 is 0 Å². The molecule has 3 amide bonds. The van der Waals surface area contributed by atoms with Crippen molar-refractivity contribution in [3.8, 4) is 0 Å². The van der Waals surface area contributed by atoms with Gasteiger partial charge in [-0.1, -0.05) is 109 Å². The number of hydrazine groups is 1. The van der Waals surface area contributed by atoms with Gasteiger partial charge in [-0.2, -0.15) is 5.01 Å².